The molecule has 0 bridgehead atoms. The van der Waals surface area contributed by atoms with Crippen LogP contribution in [-0.2, 0) is 14.6 Å². The molecule has 144 valence electrons. The van der Waals surface area contributed by atoms with Crippen molar-refractivity contribution in [2.75, 3.05) is 17.3 Å². The van der Waals surface area contributed by atoms with Crippen LogP contribution >= 0.6 is 27.7 Å². The fourth-order valence-corrected chi connectivity index (χ4v) is 6.19. The molecule has 1 saturated carbocycles. The van der Waals surface area contributed by atoms with E-state index in [4.69, 9.17) is 0 Å². The summed E-state index contributed by atoms with van der Waals surface area (Å²) in [6, 6.07) is 7.71. The fraction of sp³-hybridized carbons (Fsp3) is 0.471. The number of aromatic nitrogens is 3. The Morgan fingerprint density at radius 1 is 1.26 bits per heavy atom. The first-order valence-corrected chi connectivity index (χ1v) is 12.3. The number of hydrogen-bond acceptors (Lipinski definition) is 6. The van der Waals surface area contributed by atoms with Gasteiger partial charge in [-0.2, -0.15) is 0 Å². The molecule has 7 nitrogen and oxygen atoms in total. The van der Waals surface area contributed by atoms with Gasteiger partial charge in [0.05, 0.1) is 17.3 Å². The monoisotopic (exact) mass is 470 g/mol. The minimum absolute atomic E-state index is 0.0307. The number of hydrogen-bond donors (Lipinski definition) is 1. The number of H-pyrrole nitrogens is 1. The standard InChI is InChI=1S/C17H19BrN4O3S2/c18-14-4-2-1-3-13(14)16-19-17(21-20-16)26-9-15(23)22(11-5-6-11)12-7-8-27(24,25)10-12/h1-4,11-12H,5-10H2,(H,19,20,21). The van der Waals surface area contributed by atoms with Gasteiger partial charge in [0.15, 0.2) is 15.7 Å². The van der Waals surface area contributed by atoms with Crippen LogP contribution in [0.5, 0.6) is 0 Å². The average molecular weight is 471 g/mol. The van der Waals surface area contributed by atoms with Crippen molar-refractivity contribution >= 4 is 43.4 Å². The lowest BCUT2D eigenvalue weighted by atomic mass is 10.2. The average Bonchev–Trinajstić information content (AvgIpc) is 3.23. The number of aromatic amines is 1. The van der Waals surface area contributed by atoms with Gasteiger partial charge < -0.3 is 4.90 Å². The molecular formula is C17H19BrN4O3S2. The molecule has 0 spiro atoms. The highest BCUT2D eigenvalue weighted by Gasteiger charge is 2.41. The van der Waals surface area contributed by atoms with Crippen LogP contribution in [0.2, 0.25) is 0 Å². The predicted octanol–water partition coefficient (Wildman–Crippen LogP) is 2.50. The first-order valence-electron chi connectivity index (χ1n) is 8.74. The Bertz CT molecular complexity index is 959. The summed E-state index contributed by atoms with van der Waals surface area (Å²) in [5.74, 6) is 1.08. The summed E-state index contributed by atoms with van der Waals surface area (Å²) in [6.45, 7) is 0. The van der Waals surface area contributed by atoms with E-state index in [9.17, 15) is 13.2 Å². The quantitative estimate of drug-likeness (QED) is 0.651. The third-order valence-corrected chi connectivity index (χ3v) is 8.02. The van der Waals surface area contributed by atoms with Gasteiger partial charge in [-0.1, -0.05) is 45.9 Å². The molecule has 0 radical (unpaired) electrons. The maximum absolute atomic E-state index is 12.8. The van der Waals surface area contributed by atoms with Crippen molar-refractivity contribution in [1.29, 1.82) is 0 Å². The molecule has 27 heavy (non-hydrogen) atoms. The lowest BCUT2D eigenvalue weighted by Crippen LogP contribution is -2.43. The lowest BCUT2D eigenvalue weighted by Gasteiger charge is -2.28. The summed E-state index contributed by atoms with van der Waals surface area (Å²) in [5.41, 5.74) is 0.902. The number of benzene rings is 1. The molecule has 2 aromatic rings. The Labute approximate surface area is 170 Å². The van der Waals surface area contributed by atoms with Crippen molar-refractivity contribution in [3.63, 3.8) is 0 Å². The largest absolute Gasteiger partial charge is 0.335 e. The number of thioether (sulfide) groups is 1. The lowest BCUT2D eigenvalue weighted by molar-refractivity contribution is -0.130. The maximum Gasteiger partial charge on any atom is 0.233 e. The molecule has 1 aliphatic heterocycles. The fourth-order valence-electron chi connectivity index (χ4n) is 3.34. The summed E-state index contributed by atoms with van der Waals surface area (Å²) in [6.07, 6.45) is 2.46. The Balaban J connectivity index is 1.41. The van der Waals surface area contributed by atoms with E-state index in [0.717, 1.165) is 22.9 Å². The van der Waals surface area contributed by atoms with Crippen LogP contribution in [0.1, 0.15) is 19.3 Å². The van der Waals surface area contributed by atoms with Crippen molar-refractivity contribution in [2.24, 2.45) is 0 Å². The van der Waals surface area contributed by atoms with Crippen molar-refractivity contribution < 1.29 is 13.2 Å². The molecule has 2 fully saturated rings. The summed E-state index contributed by atoms with van der Waals surface area (Å²) < 4.78 is 24.5. The molecular weight excluding hydrogens is 452 g/mol. The number of carbonyl (C=O) groups excluding carboxylic acids is 1. The molecule has 1 aromatic carbocycles. The summed E-state index contributed by atoms with van der Waals surface area (Å²) in [7, 11) is -3.01. The first-order chi connectivity index (χ1) is 12.9. The number of amides is 1. The number of rotatable bonds is 6. The maximum atomic E-state index is 12.8. The van der Waals surface area contributed by atoms with Crippen LogP contribution in [0.3, 0.4) is 0 Å². The number of nitrogens with one attached hydrogen (secondary N) is 1. The topological polar surface area (TPSA) is 96.0 Å². The second kappa shape index (κ2) is 7.56. The second-order valence-electron chi connectivity index (χ2n) is 6.82. The highest BCUT2D eigenvalue weighted by molar-refractivity contribution is 9.10. The van der Waals surface area contributed by atoms with Crippen molar-refractivity contribution in [3.05, 3.63) is 28.7 Å². The molecule has 1 atom stereocenters. The van der Waals surface area contributed by atoms with Gasteiger partial charge in [0.1, 0.15) is 0 Å². The van der Waals surface area contributed by atoms with Crippen molar-refractivity contribution in [2.45, 2.75) is 36.5 Å². The molecule has 1 aliphatic carbocycles. The van der Waals surface area contributed by atoms with E-state index < -0.39 is 9.84 Å². The van der Waals surface area contributed by atoms with Crippen LogP contribution in [-0.4, -0.2) is 63.7 Å². The van der Waals surface area contributed by atoms with E-state index in [-0.39, 0.29) is 35.2 Å². The first kappa shape index (κ1) is 18.9. The van der Waals surface area contributed by atoms with Gasteiger partial charge in [0.25, 0.3) is 0 Å². The Morgan fingerprint density at radius 2 is 2.04 bits per heavy atom. The van der Waals surface area contributed by atoms with Gasteiger partial charge in [-0.05, 0) is 25.3 Å². The second-order valence-corrected chi connectivity index (χ2v) is 10.8. The van der Waals surface area contributed by atoms with E-state index in [2.05, 4.69) is 31.1 Å². The zero-order valence-electron chi connectivity index (χ0n) is 14.5. The molecule has 2 heterocycles. The van der Waals surface area contributed by atoms with Gasteiger partial charge in [0, 0.05) is 22.1 Å². The minimum Gasteiger partial charge on any atom is -0.335 e. The zero-order chi connectivity index (χ0) is 19.0. The van der Waals surface area contributed by atoms with Crippen molar-refractivity contribution in [3.8, 4) is 11.4 Å². The molecule has 4 rings (SSSR count). The van der Waals surface area contributed by atoms with E-state index in [0.29, 0.717) is 17.4 Å². The van der Waals surface area contributed by atoms with Gasteiger partial charge >= 0.3 is 0 Å². The highest BCUT2D eigenvalue weighted by Crippen LogP contribution is 2.33. The summed E-state index contributed by atoms with van der Waals surface area (Å²) in [4.78, 5) is 19.0. The van der Waals surface area contributed by atoms with Gasteiger partial charge in [-0.3, -0.25) is 9.89 Å². The van der Waals surface area contributed by atoms with Crippen LogP contribution in [0.4, 0.5) is 0 Å². The summed E-state index contributed by atoms with van der Waals surface area (Å²) in [5, 5.41) is 7.59. The van der Waals surface area contributed by atoms with E-state index >= 15 is 0 Å². The Kier molecular flexibility index (Phi) is 5.30. The van der Waals surface area contributed by atoms with E-state index in [1.54, 1.807) is 4.90 Å². The minimum atomic E-state index is -3.01. The summed E-state index contributed by atoms with van der Waals surface area (Å²) >= 11 is 4.76. The number of nitrogens with zero attached hydrogens (tertiary/aromatic N) is 3. The van der Waals surface area contributed by atoms with Gasteiger partial charge in [0.2, 0.25) is 11.1 Å². The number of sulfone groups is 1. The van der Waals surface area contributed by atoms with Crippen LogP contribution in [0, 0.1) is 0 Å². The van der Waals surface area contributed by atoms with E-state index in [1.165, 1.54) is 11.8 Å². The molecule has 1 amide bonds. The predicted molar refractivity (Wildman–Crippen MR) is 107 cm³/mol. The third-order valence-electron chi connectivity index (χ3n) is 4.75. The molecule has 1 aromatic heterocycles. The van der Waals surface area contributed by atoms with Crippen molar-refractivity contribution in [1.82, 2.24) is 20.1 Å². The SMILES string of the molecule is O=C(CSc1n[nH]c(-c2ccccc2Br)n1)N(C1CC1)C1CCS(=O)(=O)C1. The molecule has 1 N–H and O–H groups in total. The van der Waals surface area contributed by atoms with Gasteiger partial charge in [-0.25, -0.2) is 13.4 Å². The molecule has 2 aliphatic rings. The highest BCUT2D eigenvalue weighted by atomic mass is 79.9. The normalized spacial score (nSPS) is 21.3. The van der Waals surface area contributed by atoms with Crippen LogP contribution in [0.25, 0.3) is 11.4 Å². The number of halogens is 1. The molecule has 1 saturated heterocycles. The van der Waals surface area contributed by atoms with Crippen LogP contribution in [0.15, 0.2) is 33.9 Å². The smallest absolute Gasteiger partial charge is 0.233 e. The third kappa shape index (κ3) is 4.38. The molecule has 1 unspecified atom stereocenters. The zero-order valence-corrected chi connectivity index (χ0v) is 17.7. The number of carbonyl (C=O) groups is 1. The van der Waals surface area contributed by atoms with Gasteiger partial charge in [-0.15, -0.1) is 5.10 Å². The Morgan fingerprint density at radius 3 is 2.70 bits per heavy atom. The van der Waals surface area contributed by atoms with E-state index in [1.807, 2.05) is 24.3 Å². The Hall–Kier alpha value is -1.39. The molecule has 10 heteroatoms. The van der Waals surface area contributed by atoms with Crippen LogP contribution < -0.4 is 0 Å².